The molecule has 0 spiro atoms. The fourth-order valence-electron chi connectivity index (χ4n) is 3.57. The van der Waals surface area contributed by atoms with Gasteiger partial charge in [-0.2, -0.15) is 0 Å². The Balaban J connectivity index is 1.83. The van der Waals surface area contributed by atoms with E-state index in [9.17, 15) is 8.42 Å². The Labute approximate surface area is 168 Å². The molecular weight excluding hydrogens is 405 g/mol. The van der Waals surface area contributed by atoms with E-state index in [0.29, 0.717) is 23.0 Å². The van der Waals surface area contributed by atoms with E-state index in [-0.39, 0.29) is 14.9 Å². The van der Waals surface area contributed by atoms with Crippen LogP contribution in [0.15, 0.2) is 52.5 Å². The first-order valence-electron chi connectivity index (χ1n) is 8.83. The lowest BCUT2D eigenvalue weighted by atomic mass is 10.1. The SMILES string of the molecule is O=S(=O)(c1cccc(Cl)c1)c1cn(C[C@H]2CCCCN2)c2cnc(Cl)cc12. The van der Waals surface area contributed by atoms with Gasteiger partial charge in [0, 0.05) is 29.2 Å². The molecule has 1 fully saturated rings. The Morgan fingerprint density at radius 1 is 1.22 bits per heavy atom. The van der Waals surface area contributed by atoms with E-state index in [2.05, 4.69) is 10.3 Å². The van der Waals surface area contributed by atoms with Gasteiger partial charge in [0.25, 0.3) is 0 Å². The molecule has 1 atom stereocenters. The van der Waals surface area contributed by atoms with Crippen molar-refractivity contribution in [2.45, 2.75) is 41.6 Å². The van der Waals surface area contributed by atoms with E-state index < -0.39 is 9.84 Å². The lowest BCUT2D eigenvalue weighted by Crippen LogP contribution is -2.37. The molecule has 3 aromatic rings. The number of pyridine rings is 1. The van der Waals surface area contributed by atoms with Crippen molar-refractivity contribution >= 4 is 43.9 Å². The fraction of sp³-hybridized carbons (Fsp3) is 0.316. The molecule has 1 N–H and O–H groups in total. The molecule has 0 bridgehead atoms. The third kappa shape index (κ3) is 3.72. The van der Waals surface area contributed by atoms with E-state index in [0.717, 1.165) is 18.5 Å². The van der Waals surface area contributed by atoms with E-state index >= 15 is 0 Å². The van der Waals surface area contributed by atoms with Crippen molar-refractivity contribution in [1.29, 1.82) is 0 Å². The number of nitrogens with zero attached hydrogens (tertiary/aromatic N) is 2. The lowest BCUT2D eigenvalue weighted by Gasteiger charge is -2.24. The molecule has 3 heterocycles. The van der Waals surface area contributed by atoms with Crippen LogP contribution in [0.3, 0.4) is 0 Å². The molecule has 0 amide bonds. The maximum Gasteiger partial charge on any atom is 0.208 e. The monoisotopic (exact) mass is 423 g/mol. The minimum atomic E-state index is -3.74. The summed E-state index contributed by atoms with van der Waals surface area (Å²) < 4.78 is 28.5. The highest BCUT2D eigenvalue weighted by Crippen LogP contribution is 2.32. The third-order valence-electron chi connectivity index (χ3n) is 4.92. The smallest absolute Gasteiger partial charge is 0.208 e. The molecule has 142 valence electrons. The number of benzene rings is 1. The quantitative estimate of drug-likeness (QED) is 0.634. The summed E-state index contributed by atoms with van der Waals surface area (Å²) in [5.74, 6) is 0. The first-order chi connectivity index (χ1) is 12.9. The van der Waals surface area contributed by atoms with Crippen LogP contribution in [0.1, 0.15) is 19.3 Å². The van der Waals surface area contributed by atoms with Crippen molar-refractivity contribution < 1.29 is 8.42 Å². The average molecular weight is 424 g/mol. The molecule has 0 unspecified atom stereocenters. The van der Waals surface area contributed by atoms with Crippen LogP contribution in [0, 0.1) is 0 Å². The molecule has 1 aromatic carbocycles. The predicted molar refractivity (Wildman–Crippen MR) is 107 cm³/mol. The van der Waals surface area contributed by atoms with Gasteiger partial charge in [0.2, 0.25) is 9.84 Å². The van der Waals surface area contributed by atoms with E-state index in [1.807, 2.05) is 4.57 Å². The summed E-state index contributed by atoms with van der Waals surface area (Å²) in [5, 5.41) is 4.71. The first kappa shape index (κ1) is 18.7. The number of aromatic nitrogens is 2. The molecule has 1 aliphatic rings. The van der Waals surface area contributed by atoms with Crippen LogP contribution in [0.4, 0.5) is 0 Å². The van der Waals surface area contributed by atoms with Gasteiger partial charge in [-0.1, -0.05) is 35.7 Å². The average Bonchev–Trinajstić information content (AvgIpc) is 3.01. The Kier molecular flexibility index (Phi) is 5.16. The Hall–Kier alpha value is -1.60. The molecule has 27 heavy (non-hydrogen) atoms. The lowest BCUT2D eigenvalue weighted by molar-refractivity contribution is 0.366. The van der Waals surface area contributed by atoms with Gasteiger partial charge in [-0.05, 0) is 43.7 Å². The highest BCUT2D eigenvalue weighted by atomic mass is 35.5. The van der Waals surface area contributed by atoms with Crippen molar-refractivity contribution in [1.82, 2.24) is 14.9 Å². The second-order valence-corrected chi connectivity index (χ2v) is 9.52. The van der Waals surface area contributed by atoms with Crippen LogP contribution in [0.2, 0.25) is 10.2 Å². The summed E-state index contributed by atoms with van der Waals surface area (Å²) in [5.41, 5.74) is 0.757. The maximum absolute atomic E-state index is 13.3. The van der Waals surface area contributed by atoms with Gasteiger partial charge in [-0.25, -0.2) is 13.4 Å². The zero-order valence-corrected chi connectivity index (χ0v) is 16.9. The maximum atomic E-state index is 13.3. The molecule has 2 aromatic heterocycles. The molecule has 0 radical (unpaired) electrons. The zero-order valence-electron chi connectivity index (χ0n) is 14.5. The van der Waals surface area contributed by atoms with Gasteiger partial charge < -0.3 is 9.88 Å². The highest BCUT2D eigenvalue weighted by molar-refractivity contribution is 7.91. The molecule has 0 aliphatic carbocycles. The van der Waals surface area contributed by atoms with Gasteiger partial charge in [0.15, 0.2) is 0 Å². The third-order valence-corrected chi connectivity index (χ3v) is 7.14. The van der Waals surface area contributed by atoms with Crippen LogP contribution in [0.25, 0.3) is 10.9 Å². The molecule has 8 heteroatoms. The minimum Gasteiger partial charge on any atom is -0.343 e. The largest absolute Gasteiger partial charge is 0.343 e. The predicted octanol–water partition coefficient (Wildman–Crippen LogP) is 4.32. The van der Waals surface area contributed by atoms with E-state index in [4.69, 9.17) is 23.2 Å². The van der Waals surface area contributed by atoms with E-state index in [1.165, 1.54) is 18.9 Å². The van der Waals surface area contributed by atoms with Crippen molar-refractivity contribution in [3.63, 3.8) is 0 Å². The van der Waals surface area contributed by atoms with Crippen molar-refractivity contribution in [3.8, 4) is 0 Å². The summed E-state index contributed by atoms with van der Waals surface area (Å²) in [6.45, 7) is 1.67. The molecule has 1 saturated heterocycles. The van der Waals surface area contributed by atoms with Gasteiger partial charge in [0.1, 0.15) is 5.15 Å². The Bertz CT molecular complexity index is 1090. The number of piperidine rings is 1. The van der Waals surface area contributed by atoms with Gasteiger partial charge in [0.05, 0.1) is 21.5 Å². The highest BCUT2D eigenvalue weighted by Gasteiger charge is 2.25. The van der Waals surface area contributed by atoms with Gasteiger partial charge >= 0.3 is 0 Å². The summed E-state index contributed by atoms with van der Waals surface area (Å²) >= 11 is 12.1. The summed E-state index contributed by atoms with van der Waals surface area (Å²) in [6, 6.07) is 8.22. The Morgan fingerprint density at radius 3 is 2.81 bits per heavy atom. The normalized spacial score (nSPS) is 18.1. The van der Waals surface area contributed by atoms with Crippen LogP contribution < -0.4 is 5.32 Å². The second-order valence-electron chi connectivity index (χ2n) is 6.78. The van der Waals surface area contributed by atoms with Crippen molar-refractivity contribution in [2.24, 2.45) is 0 Å². The number of halogens is 2. The van der Waals surface area contributed by atoms with Crippen LogP contribution in [0.5, 0.6) is 0 Å². The molecule has 5 nitrogen and oxygen atoms in total. The van der Waals surface area contributed by atoms with Gasteiger partial charge in [-0.3, -0.25) is 0 Å². The standard InChI is InChI=1S/C19H19Cl2N3O2S/c20-13-4-3-6-15(8-13)27(25,26)18-12-24(11-14-5-1-2-7-22-14)17-10-23-19(21)9-16(17)18/h3-4,6,8-10,12,14,22H,1-2,5,7,11H2/t14-/m1/s1. The topological polar surface area (TPSA) is 64.0 Å². The molecule has 0 saturated carbocycles. The number of sulfone groups is 1. The van der Waals surface area contributed by atoms with Crippen molar-refractivity contribution in [3.05, 3.63) is 52.9 Å². The minimum absolute atomic E-state index is 0.165. The number of nitrogens with one attached hydrogen (secondary N) is 1. The van der Waals surface area contributed by atoms with E-state index in [1.54, 1.807) is 36.7 Å². The summed E-state index contributed by atoms with van der Waals surface area (Å²) in [7, 11) is -3.74. The summed E-state index contributed by atoms with van der Waals surface area (Å²) in [6.07, 6.45) is 6.74. The number of hydrogen-bond acceptors (Lipinski definition) is 4. The first-order valence-corrected chi connectivity index (χ1v) is 11.1. The summed E-state index contributed by atoms with van der Waals surface area (Å²) in [4.78, 5) is 4.54. The second kappa shape index (κ2) is 7.43. The van der Waals surface area contributed by atoms with Crippen LogP contribution in [-0.2, 0) is 16.4 Å². The molecule has 1 aliphatic heterocycles. The fourth-order valence-corrected chi connectivity index (χ4v) is 5.50. The van der Waals surface area contributed by atoms with Crippen LogP contribution >= 0.6 is 23.2 Å². The molecular formula is C19H19Cl2N3O2S. The van der Waals surface area contributed by atoms with Crippen molar-refractivity contribution in [2.75, 3.05) is 6.54 Å². The number of fused-ring (bicyclic) bond motifs is 1. The van der Waals surface area contributed by atoms with Gasteiger partial charge in [-0.15, -0.1) is 0 Å². The molecule has 4 rings (SSSR count). The number of hydrogen-bond donors (Lipinski definition) is 1. The zero-order chi connectivity index (χ0) is 19.0. The number of rotatable bonds is 4. The van der Waals surface area contributed by atoms with Crippen LogP contribution in [-0.4, -0.2) is 30.6 Å². The Morgan fingerprint density at radius 2 is 2.07 bits per heavy atom.